The first kappa shape index (κ1) is 18.1. The highest BCUT2D eigenvalue weighted by atomic mass is 16.5. The molecule has 6 heteroatoms. The van der Waals surface area contributed by atoms with Crippen LogP contribution in [0.2, 0.25) is 0 Å². The van der Waals surface area contributed by atoms with Gasteiger partial charge in [0.2, 0.25) is 5.91 Å². The van der Waals surface area contributed by atoms with Crippen molar-refractivity contribution in [2.45, 2.75) is 32.3 Å². The molecule has 0 aromatic heterocycles. The third-order valence-corrected chi connectivity index (χ3v) is 3.98. The van der Waals surface area contributed by atoms with Crippen LogP contribution < -0.4 is 15.4 Å². The first-order valence-electron chi connectivity index (χ1n) is 8.67. The Balaban J connectivity index is 1.74. The van der Waals surface area contributed by atoms with Gasteiger partial charge in [0.15, 0.2) is 5.96 Å². The third-order valence-electron chi connectivity index (χ3n) is 3.98. The maximum atomic E-state index is 11.7. The largest absolute Gasteiger partial charge is 0.490 e. The summed E-state index contributed by atoms with van der Waals surface area (Å²) < 4.78 is 6.01. The van der Waals surface area contributed by atoms with E-state index in [1.54, 1.807) is 7.05 Å². The topological polar surface area (TPSA) is 66.0 Å². The number of rotatable bonds is 6. The molecule has 2 rings (SSSR count). The molecule has 0 aliphatic carbocycles. The molecule has 1 heterocycles. The molecule has 6 nitrogen and oxygen atoms in total. The minimum atomic E-state index is 0.000275. The highest BCUT2D eigenvalue weighted by Crippen LogP contribution is 2.18. The SMILES string of the molecule is CCCNC(=O)CNC(=NC)N1CCC(Oc2ccccc2)CC1. The van der Waals surface area contributed by atoms with Gasteiger partial charge < -0.3 is 20.3 Å². The minimum absolute atomic E-state index is 0.000275. The van der Waals surface area contributed by atoms with E-state index in [0.29, 0.717) is 6.54 Å². The van der Waals surface area contributed by atoms with Crippen LogP contribution in [0.3, 0.4) is 0 Å². The molecule has 0 atom stereocenters. The summed E-state index contributed by atoms with van der Waals surface area (Å²) in [6.07, 6.45) is 3.06. The molecule has 0 bridgehead atoms. The van der Waals surface area contributed by atoms with Crippen LogP contribution in [0.1, 0.15) is 26.2 Å². The molecular weight excluding hydrogens is 304 g/mol. The molecule has 1 aromatic carbocycles. The Labute approximate surface area is 144 Å². The van der Waals surface area contributed by atoms with Crippen LogP contribution in [0, 0.1) is 0 Å². The second-order valence-electron chi connectivity index (χ2n) is 5.87. The number of nitrogens with zero attached hydrogens (tertiary/aromatic N) is 2. The van der Waals surface area contributed by atoms with Gasteiger partial charge in [-0.3, -0.25) is 9.79 Å². The summed E-state index contributed by atoms with van der Waals surface area (Å²) in [5.74, 6) is 1.70. The van der Waals surface area contributed by atoms with Crippen molar-refractivity contribution in [3.05, 3.63) is 30.3 Å². The number of benzene rings is 1. The molecule has 0 saturated carbocycles. The van der Waals surface area contributed by atoms with Crippen molar-refractivity contribution in [1.29, 1.82) is 0 Å². The average Bonchev–Trinajstić information content (AvgIpc) is 2.62. The summed E-state index contributed by atoms with van der Waals surface area (Å²) in [7, 11) is 1.75. The van der Waals surface area contributed by atoms with Gasteiger partial charge in [0, 0.05) is 39.5 Å². The molecule has 1 fully saturated rings. The fourth-order valence-electron chi connectivity index (χ4n) is 2.70. The lowest BCUT2D eigenvalue weighted by Crippen LogP contribution is -2.49. The van der Waals surface area contributed by atoms with Crippen LogP contribution >= 0.6 is 0 Å². The quantitative estimate of drug-likeness (QED) is 0.614. The van der Waals surface area contributed by atoms with Crippen LogP contribution in [-0.4, -0.2) is 56.1 Å². The molecule has 1 aromatic rings. The van der Waals surface area contributed by atoms with Gasteiger partial charge in [0.1, 0.15) is 11.9 Å². The second-order valence-corrected chi connectivity index (χ2v) is 5.87. The van der Waals surface area contributed by atoms with Crippen LogP contribution in [-0.2, 0) is 4.79 Å². The van der Waals surface area contributed by atoms with E-state index in [9.17, 15) is 4.79 Å². The lowest BCUT2D eigenvalue weighted by atomic mass is 10.1. The minimum Gasteiger partial charge on any atom is -0.490 e. The Bertz CT molecular complexity index is 525. The van der Waals surface area contributed by atoms with Crippen molar-refractivity contribution >= 4 is 11.9 Å². The van der Waals surface area contributed by atoms with Crippen molar-refractivity contribution in [1.82, 2.24) is 15.5 Å². The van der Waals surface area contributed by atoms with Crippen molar-refractivity contribution < 1.29 is 9.53 Å². The smallest absolute Gasteiger partial charge is 0.239 e. The number of hydrogen-bond acceptors (Lipinski definition) is 3. The van der Waals surface area contributed by atoms with Crippen molar-refractivity contribution in [3.8, 4) is 5.75 Å². The highest BCUT2D eigenvalue weighted by Gasteiger charge is 2.22. The Morgan fingerprint density at radius 2 is 1.96 bits per heavy atom. The van der Waals surface area contributed by atoms with Crippen LogP contribution in [0.15, 0.2) is 35.3 Å². The number of likely N-dealkylation sites (tertiary alicyclic amines) is 1. The summed E-state index contributed by atoms with van der Waals surface area (Å²) in [5.41, 5.74) is 0. The van der Waals surface area contributed by atoms with Gasteiger partial charge in [-0.25, -0.2) is 0 Å². The molecule has 132 valence electrons. The van der Waals surface area contributed by atoms with Crippen molar-refractivity contribution in [2.24, 2.45) is 4.99 Å². The van der Waals surface area contributed by atoms with Gasteiger partial charge in [-0.2, -0.15) is 0 Å². The molecule has 0 spiro atoms. The number of para-hydroxylation sites is 1. The number of guanidine groups is 1. The van der Waals surface area contributed by atoms with Crippen LogP contribution in [0.4, 0.5) is 0 Å². The number of carbonyl (C=O) groups is 1. The number of ether oxygens (including phenoxy) is 1. The maximum Gasteiger partial charge on any atom is 0.239 e. The van der Waals surface area contributed by atoms with E-state index in [4.69, 9.17) is 4.74 Å². The number of nitrogens with one attached hydrogen (secondary N) is 2. The lowest BCUT2D eigenvalue weighted by Gasteiger charge is -2.34. The first-order chi connectivity index (χ1) is 11.7. The number of hydrogen-bond donors (Lipinski definition) is 2. The highest BCUT2D eigenvalue weighted by molar-refractivity contribution is 5.86. The summed E-state index contributed by atoms with van der Waals surface area (Å²) in [4.78, 5) is 18.2. The summed E-state index contributed by atoms with van der Waals surface area (Å²) in [5, 5.41) is 5.99. The van der Waals surface area contributed by atoms with Gasteiger partial charge in [-0.1, -0.05) is 25.1 Å². The zero-order valence-corrected chi connectivity index (χ0v) is 14.6. The van der Waals surface area contributed by atoms with E-state index in [0.717, 1.165) is 44.1 Å². The molecular formula is C18H28N4O2. The number of aliphatic imine (C=N–C) groups is 1. The third kappa shape index (κ3) is 5.76. The average molecular weight is 332 g/mol. The summed E-state index contributed by atoms with van der Waals surface area (Å²) in [6.45, 7) is 4.74. The predicted molar refractivity (Wildman–Crippen MR) is 96.3 cm³/mol. The van der Waals surface area contributed by atoms with E-state index >= 15 is 0 Å². The molecule has 1 amide bonds. The van der Waals surface area contributed by atoms with Crippen molar-refractivity contribution in [3.63, 3.8) is 0 Å². The van der Waals surface area contributed by atoms with Gasteiger partial charge in [-0.15, -0.1) is 0 Å². The Morgan fingerprint density at radius 3 is 2.58 bits per heavy atom. The van der Waals surface area contributed by atoms with E-state index in [1.807, 2.05) is 37.3 Å². The Hall–Kier alpha value is -2.24. The van der Waals surface area contributed by atoms with E-state index in [1.165, 1.54) is 0 Å². The zero-order chi connectivity index (χ0) is 17.2. The van der Waals surface area contributed by atoms with Crippen molar-refractivity contribution in [2.75, 3.05) is 33.2 Å². The van der Waals surface area contributed by atoms with E-state index in [-0.39, 0.29) is 18.6 Å². The molecule has 0 radical (unpaired) electrons. The maximum absolute atomic E-state index is 11.7. The summed E-state index contributed by atoms with van der Waals surface area (Å²) in [6, 6.07) is 9.94. The number of carbonyl (C=O) groups excluding carboxylic acids is 1. The number of piperidine rings is 1. The molecule has 1 aliphatic heterocycles. The Morgan fingerprint density at radius 1 is 1.25 bits per heavy atom. The Kier molecular flexibility index (Phi) is 7.39. The standard InChI is InChI=1S/C18H28N4O2/c1-3-11-20-17(23)14-21-18(19-2)22-12-9-16(10-13-22)24-15-7-5-4-6-8-15/h4-8,16H,3,9-14H2,1-2H3,(H,19,21)(H,20,23). The molecule has 1 saturated heterocycles. The first-order valence-corrected chi connectivity index (χ1v) is 8.67. The van der Waals surface area contributed by atoms with Gasteiger partial charge in [0.05, 0.1) is 6.54 Å². The summed E-state index contributed by atoms with van der Waals surface area (Å²) >= 11 is 0. The van der Waals surface area contributed by atoms with Crippen LogP contribution in [0.25, 0.3) is 0 Å². The zero-order valence-electron chi connectivity index (χ0n) is 14.6. The predicted octanol–water partition coefficient (Wildman–Crippen LogP) is 1.63. The molecule has 0 unspecified atom stereocenters. The van der Waals surface area contributed by atoms with E-state index < -0.39 is 0 Å². The second kappa shape index (κ2) is 9.80. The van der Waals surface area contributed by atoms with Gasteiger partial charge >= 0.3 is 0 Å². The lowest BCUT2D eigenvalue weighted by molar-refractivity contribution is -0.120. The fraction of sp³-hybridized carbons (Fsp3) is 0.556. The molecule has 1 aliphatic rings. The monoisotopic (exact) mass is 332 g/mol. The number of amides is 1. The normalized spacial score (nSPS) is 15.9. The van der Waals surface area contributed by atoms with E-state index in [2.05, 4.69) is 20.5 Å². The molecule has 2 N–H and O–H groups in total. The van der Waals surface area contributed by atoms with Gasteiger partial charge in [-0.05, 0) is 18.6 Å². The van der Waals surface area contributed by atoms with Gasteiger partial charge in [0.25, 0.3) is 0 Å². The van der Waals surface area contributed by atoms with Crippen LogP contribution in [0.5, 0.6) is 5.75 Å². The fourth-order valence-corrected chi connectivity index (χ4v) is 2.70. The molecule has 24 heavy (non-hydrogen) atoms.